The molecular formula is C9H10N4O3. The molecule has 2 heterocycles. The van der Waals surface area contributed by atoms with Gasteiger partial charge in [-0.3, -0.25) is 4.79 Å². The molecule has 2 rings (SSSR count). The Balaban J connectivity index is 2.42. The van der Waals surface area contributed by atoms with Crippen LogP contribution in [0.3, 0.4) is 0 Å². The first kappa shape index (κ1) is 10.3. The van der Waals surface area contributed by atoms with Crippen LogP contribution >= 0.6 is 0 Å². The third-order valence-corrected chi connectivity index (χ3v) is 1.98. The monoisotopic (exact) mass is 222 g/mol. The van der Waals surface area contributed by atoms with Gasteiger partial charge in [0, 0.05) is 5.92 Å². The van der Waals surface area contributed by atoms with Crippen LogP contribution in [0.25, 0.3) is 11.4 Å². The standard InChI is InChI=1S/C9H10N4O3/c1-4(2)9-11-8(13-16-9)5-3-15-12-6(5)7(10)14/h3-4H,1-2H3,(H2,10,14). The van der Waals surface area contributed by atoms with Crippen LogP contribution in [0.2, 0.25) is 0 Å². The molecule has 0 aliphatic rings. The molecule has 2 N–H and O–H groups in total. The van der Waals surface area contributed by atoms with Crippen molar-refractivity contribution in [1.29, 1.82) is 0 Å². The van der Waals surface area contributed by atoms with E-state index in [1.165, 1.54) is 6.26 Å². The summed E-state index contributed by atoms with van der Waals surface area (Å²) in [4.78, 5) is 15.1. The molecule has 0 radical (unpaired) electrons. The number of primary amides is 1. The second-order valence-corrected chi connectivity index (χ2v) is 3.55. The van der Waals surface area contributed by atoms with Crippen molar-refractivity contribution in [2.24, 2.45) is 5.73 Å². The van der Waals surface area contributed by atoms with Gasteiger partial charge in [-0.15, -0.1) is 0 Å². The number of amides is 1. The largest absolute Gasteiger partial charge is 0.364 e. The van der Waals surface area contributed by atoms with Gasteiger partial charge in [0.1, 0.15) is 6.26 Å². The molecule has 84 valence electrons. The van der Waals surface area contributed by atoms with Crippen LogP contribution in [0.15, 0.2) is 15.3 Å². The van der Waals surface area contributed by atoms with Crippen molar-refractivity contribution >= 4 is 5.91 Å². The van der Waals surface area contributed by atoms with E-state index in [1.807, 2.05) is 13.8 Å². The zero-order valence-electron chi connectivity index (χ0n) is 8.80. The summed E-state index contributed by atoms with van der Waals surface area (Å²) < 4.78 is 9.66. The predicted molar refractivity (Wildman–Crippen MR) is 52.4 cm³/mol. The Morgan fingerprint density at radius 2 is 2.19 bits per heavy atom. The lowest BCUT2D eigenvalue weighted by atomic mass is 10.2. The first-order valence-corrected chi connectivity index (χ1v) is 4.67. The van der Waals surface area contributed by atoms with Gasteiger partial charge >= 0.3 is 0 Å². The highest BCUT2D eigenvalue weighted by Crippen LogP contribution is 2.21. The normalized spacial score (nSPS) is 10.9. The lowest BCUT2D eigenvalue weighted by Crippen LogP contribution is -2.12. The summed E-state index contributed by atoms with van der Waals surface area (Å²) in [5, 5.41) is 7.20. The Morgan fingerprint density at radius 1 is 1.44 bits per heavy atom. The number of carbonyl (C=O) groups excluding carboxylic acids is 1. The van der Waals surface area contributed by atoms with Crippen molar-refractivity contribution in [3.05, 3.63) is 17.8 Å². The van der Waals surface area contributed by atoms with Crippen molar-refractivity contribution in [2.45, 2.75) is 19.8 Å². The molecule has 0 spiro atoms. The lowest BCUT2D eigenvalue weighted by molar-refractivity contribution is 0.0992. The van der Waals surface area contributed by atoms with E-state index < -0.39 is 5.91 Å². The summed E-state index contributed by atoms with van der Waals surface area (Å²) in [5.41, 5.74) is 5.45. The van der Waals surface area contributed by atoms with Crippen molar-refractivity contribution in [3.63, 3.8) is 0 Å². The first-order chi connectivity index (χ1) is 7.59. The fourth-order valence-corrected chi connectivity index (χ4v) is 1.15. The molecule has 2 aromatic heterocycles. The quantitative estimate of drug-likeness (QED) is 0.827. The third kappa shape index (κ3) is 1.67. The Morgan fingerprint density at radius 3 is 2.75 bits per heavy atom. The molecule has 1 amide bonds. The van der Waals surface area contributed by atoms with E-state index in [4.69, 9.17) is 10.3 Å². The zero-order valence-corrected chi connectivity index (χ0v) is 8.80. The lowest BCUT2D eigenvalue weighted by Gasteiger charge is -1.92. The molecule has 0 unspecified atom stereocenters. The maximum Gasteiger partial charge on any atom is 0.271 e. The minimum absolute atomic E-state index is 0.00361. The first-order valence-electron chi connectivity index (χ1n) is 4.67. The van der Waals surface area contributed by atoms with E-state index in [0.29, 0.717) is 11.5 Å². The van der Waals surface area contributed by atoms with Crippen LogP contribution < -0.4 is 5.73 Å². The minimum atomic E-state index is -0.695. The minimum Gasteiger partial charge on any atom is -0.364 e. The van der Waals surface area contributed by atoms with Crippen molar-refractivity contribution < 1.29 is 13.8 Å². The second-order valence-electron chi connectivity index (χ2n) is 3.55. The maximum atomic E-state index is 11.0. The second kappa shape index (κ2) is 3.76. The van der Waals surface area contributed by atoms with E-state index in [2.05, 4.69) is 19.8 Å². The van der Waals surface area contributed by atoms with Gasteiger partial charge in [0.15, 0.2) is 5.69 Å². The fourth-order valence-electron chi connectivity index (χ4n) is 1.15. The van der Waals surface area contributed by atoms with Crippen molar-refractivity contribution in [3.8, 4) is 11.4 Å². The van der Waals surface area contributed by atoms with Crippen LogP contribution in [0.4, 0.5) is 0 Å². The summed E-state index contributed by atoms with van der Waals surface area (Å²) >= 11 is 0. The van der Waals surface area contributed by atoms with Gasteiger partial charge in [0.2, 0.25) is 11.7 Å². The molecule has 0 atom stereocenters. The Labute approximate surface area is 90.6 Å². The molecule has 0 saturated carbocycles. The van der Waals surface area contributed by atoms with E-state index in [1.54, 1.807) is 0 Å². The number of nitrogens with two attached hydrogens (primary N) is 1. The van der Waals surface area contributed by atoms with Crippen molar-refractivity contribution in [1.82, 2.24) is 15.3 Å². The molecule has 7 heteroatoms. The van der Waals surface area contributed by atoms with Crippen LogP contribution in [0.1, 0.15) is 36.1 Å². The number of aromatic nitrogens is 3. The van der Waals surface area contributed by atoms with Gasteiger partial charge in [-0.2, -0.15) is 4.98 Å². The number of rotatable bonds is 3. The van der Waals surface area contributed by atoms with Gasteiger partial charge < -0.3 is 14.8 Å². The van der Waals surface area contributed by atoms with E-state index in [9.17, 15) is 4.79 Å². The smallest absolute Gasteiger partial charge is 0.271 e. The molecule has 0 aromatic carbocycles. The van der Waals surface area contributed by atoms with Crippen LogP contribution in [0.5, 0.6) is 0 Å². The maximum absolute atomic E-state index is 11.0. The molecular weight excluding hydrogens is 212 g/mol. The predicted octanol–water partition coefficient (Wildman–Crippen LogP) is 0.947. The molecule has 0 saturated heterocycles. The number of nitrogens with zero attached hydrogens (tertiary/aromatic N) is 3. The van der Waals surface area contributed by atoms with E-state index in [0.717, 1.165) is 0 Å². The summed E-state index contributed by atoms with van der Waals surface area (Å²) in [5.74, 6) is 0.142. The fraction of sp³-hybridized carbons (Fsp3) is 0.333. The highest BCUT2D eigenvalue weighted by atomic mass is 16.5. The summed E-state index contributed by atoms with van der Waals surface area (Å²) in [7, 11) is 0. The molecule has 0 aliphatic heterocycles. The van der Waals surface area contributed by atoms with E-state index in [-0.39, 0.29) is 17.4 Å². The molecule has 16 heavy (non-hydrogen) atoms. The SMILES string of the molecule is CC(C)c1nc(-c2conc2C(N)=O)no1. The molecule has 0 aliphatic carbocycles. The van der Waals surface area contributed by atoms with Crippen LogP contribution in [-0.4, -0.2) is 21.2 Å². The van der Waals surface area contributed by atoms with Gasteiger partial charge in [0.25, 0.3) is 5.91 Å². The summed E-state index contributed by atoms with van der Waals surface area (Å²) in [6.07, 6.45) is 1.26. The molecule has 0 fully saturated rings. The average Bonchev–Trinajstić information content (AvgIpc) is 2.86. The van der Waals surface area contributed by atoms with Gasteiger partial charge in [-0.1, -0.05) is 24.2 Å². The number of carbonyl (C=O) groups is 1. The topological polar surface area (TPSA) is 108 Å². The Kier molecular flexibility index (Phi) is 2.43. The third-order valence-electron chi connectivity index (χ3n) is 1.98. The van der Waals surface area contributed by atoms with E-state index >= 15 is 0 Å². The Bertz CT molecular complexity index is 514. The van der Waals surface area contributed by atoms with Gasteiger partial charge in [-0.25, -0.2) is 0 Å². The zero-order chi connectivity index (χ0) is 11.7. The van der Waals surface area contributed by atoms with Gasteiger partial charge in [-0.05, 0) is 0 Å². The average molecular weight is 222 g/mol. The highest BCUT2D eigenvalue weighted by molar-refractivity contribution is 5.96. The van der Waals surface area contributed by atoms with Crippen molar-refractivity contribution in [2.75, 3.05) is 0 Å². The summed E-state index contributed by atoms with van der Waals surface area (Å²) in [6, 6.07) is 0. The van der Waals surface area contributed by atoms with Crippen LogP contribution in [-0.2, 0) is 0 Å². The summed E-state index contributed by atoms with van der Waals surface area (Å²) in [6.45, 7) is 3.83. The Hall–Kier alpha value is -2.18. The number of hydrogen-bond acceptors (Lipinski definition) is 6. The molecule has 7 nitrogen and oxygen atoms in total. The molecule has 0 bridgehead atoms. The van der Waals surface area contributed by atoms with Crippen LogP contribution in [0, 0.1) is 0 Å². The highest BCUT2D eigenvalue weighted by Gasteiger charge is 2.20. The van der Waals surface area contributed by atoms with Gasteiger partial charge in [0.05, 0.1) is 5.56 Å². The number of hydrogen-bond donors (Lipinski definition) is 1. The molecule has 2 aromatic rings.